The van der Waals surface area contributed by atoms with Gasteiger partial charge in [0, 0.05) is 26.7 Å². The highest BCUT2D eigenvalue weighted by atomic mass is 16.6. The van der Waals surface area contributed by atoms with Crippen LogP contribution in [0.3, 0.4) is 0 Å². The van der Waals surface area contributed by atoms with Crippen molar-refractivity contribution < 1.29 is 19.0 Å². The fraction of sp³-hybridized carbons (Fsp3) is 0.923. The van der Waals surface area contributed by atoms with E-state index >= 15 is 0 Å². The molecule has 2 atom stereocenters. The van der Waals surface area contributed by atoms with Crippen molar-refractivity contribution in [3.05, 3.63) is 0 Å². The molecule has 0 spiro atoms. The van der Waals surface area contributed by atoms with Crippen molar-refractivity contribution in [2.75, 3.05) is 26.9 Å². The van der Waals surface area contributed by atoms with Gasteiger partial charge in [-0.3, -0.25) is 4.79 Å². The molecule has 0 aliphatic carbocycles. The zero-order valence-corrected chi connectivity index (χ0v) is 12.0. The van der Waals surface area contributed by atoms with E-state index in [2.05, 4.69) is 5.32 Å². The molecule has 0 bridgehead atoms. The minimum atomic E-state index is -0.456. The Kier molecular flexibility index (Phi) is 5.13. The molecule has 0 saturated carbocycles. The Morgan fingerprint density at radius 3 is 2.61 bits per heavy atom. The molecule has 1 aliphatic rings. The first-order valence-corrected chi connectivity index (χ1v) is 6.37. The summed E-state index contributed by atoms with van der Waals surface area (Å²) >= 11 is 0. The summed E-state index contributed by atoms with van der Waals surface area (Å²) in [6, 6.07) is -0.350. The van der Waals surface area contributed by atoms with Crippen LogP contribution in [0.2, 0.25) is 0 Å². The summed E-state index contributed by atoms with van der Waals surface area (Å²) in [7, 11) is 1.68. The first-order valence-electron chi connectivity index (χ1n) is 6.37. The number of esters is 1. The molecule has 106 valence electrons. The van der Waals surface area contributed by atoms with Gasteiger partial charge in [0.05, 0.1) is 6.61 Å². The molecule has 1 rings (SSSR count). The standard InChI is InChI=1S/C13H25NO4/c1-10(11(15)18-12(2,3)4)14-8-13(16-5)6-7-17-9-13/h10,14H,6-9H2,1-5H3. The Labute approximate surface area is 109 Å². The second kappa shape index (κ2) is 5.99. The topological polar surface area (TPSA) is 56.8 Å². The van der Waals surface area contributed by atoms with Crippen LogP contribution in [-0.2, 0) is 19.0 Å². The van der Waals surface area contributed by atoms with Crippen molar-refractivity contribution in [2.24, 2.45) is 0 Å². The molecule has 5 nitrogen and oxygen atoms in total. The summed E-state index contributed by atoms with van der Waals surface area (Å²) in [6.45, 7) is 9.24. The van der Waals surface area contributed by atoms with Crippen molar-refractivity contribution >= 4 is 5.97 Å². The lowest BCUT2D eigenvalue weighted by Crippen LogP contribution is -2.48. The monoisotopic (exact) mass is 259 g/mol. The lowest BCUT2D eigenvalue weighted by Gasteiger charge is -2.28. The van der Waals surface area contributed by atoms with E-state index < -0.39 is 5.60 Å². The molecule has 0 aromatic heterocycles. The van der Waals surface area contributed by atoms with E-state index in [1.807, 2.05) is 20.8 Å². The van der Waals surface area contributed by atoms with Crippen LogP contribution >= 0.6 is 0 Å². The summed E-state index contributed by atoms with van der Waals surface area (Å²) in [5.74, 6) is -0.243. The molecule has 5 heteroatoms. The number of carbonyl (C=O) groups excluding carboxylic acids is 1. The van der Waals surface area contributed by atoms with Gasteiger partial charge < -0.3 is 19.5 Å². The number of carbonyl (C=O) groups is 1. The van der Waals surface area contributed by atoms with Crippen molar-refractivity contribution in [1.82, 2.24) is 5.32 Å². The SMILES string of the molecule is COC1(CNC(C)C(=O)OC(C)(C)C)CCOC1. The van der Waals surface area contributed by atoms with E-state index in [-0.39, 0.29) is 17.6 Å². The zero-order valence-electron chi connectivity index (χ0n) is 12.0. The maximum atomic E-state index is 11.8. The predicted octanol–water partition coefficient (Wildman–Crippen LogP) is 1.11. The second-order valence-corrected chi connectivity index (χ2v) is 5.83. The zero-order chi connectivity index (χ0) is 13.8. The molecular weight excluding hydrogens is 234 g/mol. The van der Waals surface area contributed by atoms with Gasteiger partial charge in [0.15, 0.2) is 0 Å². The smallest absolute Gasteiger partial charge is 0.323 e. The third-order valence-electron chi connectivity index (χ3n) is 2.99. The van der Waals surface area contributed by atoms with Crippen LogP contribution in [0.1, 0.15) is 34.1 Å². The van der Waals surface area contributed by atoms with Crippen LogP contribution in [0, 0.1) is 0 Å². The Morgan fingerprint density at radius 1 is 1.50 bits per heavy atom. The number of rotatable bonds is 5. The fourth-order valence-electron chi connectivity index (χ4n) is 1.77. The Morgan fingerprint density at radius 2 is 2.17 bits per heavy atom. The first-order chi connectivity index (χ1) is 8.28. The molecule has 18 heavy (non-hydrogen) atoms. The van der Waals surface area contributed by atoms with Crippen LogP contribution in [-0.4, -0.2) is 50.1 Å². The molecule has 1 N–H and O–H groups in total. The quantitative estimate of drug-likeness (QED) is 0.750. The predicted molar refractivity (Wildman–Crippen MR) is 68.5 cm³/mol. The minimum absolute atomic E-state index is 0.243. The Bertz CT molecular complexity index is 279. The van der Waals surface area contributed by atoms with Crippen molar-refractivity contribution in [1.29, 1.82) is 0 Å². The number of ether oxygens (including phenoxy) is 3. The molecule has 0 aromatic carbocycles. The molecule has 0 amide bonds. The first kappa shape index (κ1) is 15.4. The van der Waals surface area contributed by atoms with Gasteiger partial charge in [0.1, 0.15) is 17.2 Å². The average molecular weight is 259 g/mol. The number of methoxy groups -OCH3 is 1. The molecule has 0 radical (unpaired) electrons. The number of hydrogen-bond acceptors (Lipinski definition) is 5. The average Bonchev–Trinajstić information content (AvgIpc) is 2.73. The summed E-state index contributed by atoms with van der Waals surface area (Å²) in [6.07, 6.45) is 0.845. The molecule has 1 fully saturated rings. The lowest BCUT2D eigenvalue weighted by molar-refractivity contribution is -0.157. The molecule has 1 saturated heterocycles. The highest BCUT2D eigenvalue weighted by Crippen LogP contribution is 2.21. The molecule has 2 unspecified atom stereocenters. The van der Waals surface area contributed by atoms with Gasteiger partial charge in [-0.15, -0.1) is 0 Å². The highest BCUT2D eigenvalue weighted by Gasteiger charge is 2.35. The van der Waals surface area contributed by atoms with Gasteiger partial charge in [-0.25, -0.2) is 0 Å². The fourth-order valence-corrected chi connectivity index (χ4v) is 1.77. The second-order valence-electron chi connectivity index (χ2n) is 5.83. The normalized spacial score (nSPS) is 26.1. The van der Waals surface area contributed by atoms with Crippen molar-refractivity contribution in [2.45, 2.75) is 51.4 Å². The highest BCUT2D eigenvalue weighted by molar-refractivity contribution is 5.75. The van der Waals surface area contributed by atoms with Gasteiger partial charge in [-0.2, -0.15) is 0 Å². The van der Waals surface area contributed by atoms with Crippen LogP contribution in [0.5, 0.6) is 0 Å². The third-order valence-corrected chi connectivity index (χ3v) is 2.99. The summed E-state index contributed by atoms with van der Waals surface area (Å²) in [5, 5.41) is 3.16. The lowest BCUT2D eigenvalue weighted by atomic mass is 10.0. The van der Waals surface area contributed by atoms with Crippen LogP contribution in [0.4, 0.5) is 0 Å². The van der Waals surface area contributed by atoms with Crippen molar-refractivity contribution in [3.63, 3.8) is 0 Å². The molecular formula is C13H25NO4. The molecule has 1 heterocycles. The molecule has 0 aromatic rings. The minimum Gasteiger partial charge on any atom is -0.459 e. The maximum absolute atomic E-state index is 11.8. The van der Waals surface area contributed by atoms with Gasteiger partial charge in [-0.1, -0.05) is 0 Å². The maximum Gasteiger partial charge on any atom is 0.323 e. The Balaban J connectivity index is 2.40. The van der Waals surface area contributed by atoms with Gasteiger partial charge >= 0.3 is 5.97 Å². The summed E-state index contributed by atoms with van der Waals surface area (Å²) in [4.78, 5) is 11.8. The van der Waals surface area contributed by atoms with Gasteiger partial charge in [-0.05, 0) is 27.7 Å². The van der Waals surface area contributed by atoms with E-state index in [4.69, 9.17) is 14.2 Å². The van der Waals surface area contributed by atoms with Gasteiger partial charge in [0.25, 0.3) is 0 Å². The van der Waals surface area contributed by atoms with E-state index in [9.17, 15) is 4.79 Å². The van der Waals surface area contributed by atoms with Crippen molar-refractivity contribution in [3.8, 4) is 0 Å². The largest absolute Gasteiger partial charge is 0.459 e. The van der Waals surface area contributed by atoms with Crippen LogP contribution in [0.25, 0.3) is 0 Å². The third kappa shape index (κ3) is 4.55. The van der Waals surface area contributed by atoms with E-state index in [0.717, 1.165) is 6.42 Å². The van der Waals surface area contributed by atoms with Gasteiger partial charge in [0.2, 0.25) is 0 Å². The Hall–Kier alpha value is -0.650. The van der Waals surface area contributed by atoms with E-state index in [0.29, 0.717) is 19.8 Å². The van der Waals surface area contributed by atoms with E-state index in [1.54, 1.807) is 14.0 Å². The van der Waals surface area contributed by atoms with Crippen LogP contribution < -0.4 is 5.32 Å². The van der Waals surface area contributed by atoms with E-state index in [1.165, 1.54) is 0 Å². The summed E-state index contributed by atoms with van der Waals surface area (Å²) in [5.41, 5.74) is -0.765. The number of hydrogen-bond donors (Lipinski definition) is 1. The number of nitrogens with one attached hydrogen (secondary N) is 1. The summed E-state index contributed by atoms with van der Waals surface area (Å²) < 4.78 is 16.1. The van der Waals surface area contributed by atoms with Crippen LogP contribution in [0.15, 0.2) is 0 Å². The molecule has 1 aliphatic heterocycles.